The Morgan fingerprint density at radius 1 is 1.00 bits per heavy atom. The summed E-state index contributed by atoms with van der Waals surface area (Å²) >= 11 is 0. The van der Waals surface area contributed by atoms with E-state index in [1.54, 1.807) is 24.3 Å². The molecule has 2 aromatic carbocycles. The van der Waals surface area contributed by atoms with Crippen LogP contribution in [0.4, 0.5) is 0 Å². The van der Waals surface area contributed by atoms with Crippen LogP contribution < -0.4 is 0 Å². The summed E-state index contributed by atoms with van der Waals surface area (Å²) in [5.41, 5.74) is 4.49. The van der Waals surface area contributed by atoms with Crippen molar-refractivity contribution in [1.82, 2.24) is 14.4 Å². The van der Waals surface area contributed by atoms with Crippen LogP contribution in [0.25, 0.3) is 11.3 Å². The van der Waals surface area contributed by atoms with Crippen molar-refractivity contribution >= 4 is 10.0 Å². The van der Waals surface area contributed by atoms with Gasteiger partial charge < -0.3 is 0 Å². The molecule has 0 bridgehead atoms. The van der Waals surface area contributed by atoms with E-state index < -0.39 is 10.0 Å². The summed E-state index contributed by atoms with van der Waals surface area (Å²) in [4.78, 5) is 0.231. The molecule has 0 saturated heterocycles. The minimum atomic E-state index is -3.71. The SMILES string of the molecule is Cc1ccc(S(=O)(=O)n2nnc3c2CCc2ccccc2-3)cc1. The van der Waals surface area contributed by atoms with Gasteiger partial charge in [0.1, 0.15) is 5.69 Å². The van der Waals surface area contributed by atoms with Gasteiger partial charge in [-0.15, -0.1) is 9.19 Å². The van der Waals surface area contributed by atoms with Crippen molar-refractivity contribution in [2.24, 2.45) is 0 Å². The zero-order valence-corrected chi connectivity index (χ0v) is 13.4. The fourth-order valence-corrected chi connectivity index (χ4v) is 4.22. The van der Waals surface area contributed by atoms with Crippen LogP contribution in [0.3, 0.4) is 0 Å². The molecule has 0 aliphatic heterocycles. The third-order valence-electron chi connectivity index (χ3n) is 4.18. The maximum Gasteiger partial charge on any atom is 0.284 e. The smallest absolute Gasteiger partial charge is 0.199 e. The number of aryl methyl sites for hydroxylation is 2. The first-order chi connectivity index (χ1) is 11.1. The van der Waals surface area contributed by atoms with Crippen molar-refractivity contribution in [2.45, 2.75) is 24.7 Å². The monoisotopic (exact) mass is 325 g/mol. The number of hydrogen-bond donors (Lipinski definition) is 0. The van der Waals surface area contributed by atoms with E-state index in [4.69, 9.17) is 0 Å². The summed E-state index contributed by atoms with van der Waals surface area (Å²) in [7, 11) is -3.71. The van der Waals surface area contributed by atoms with Crippen molar-refractivity contribution in [1.29, 1.82) is 0 Å². The van der Waals surface area contributed by atoms with E-state index in [1.807, 2.05) is 31.2 Å². The van der Waals surface area contributed by atoms with Gasteiger partial charge in [-0.25, -0.2) is 0 Å². The standard InChI is InChI=1S/C17H15N3O2S/c1-12-6-9-14(10-7-12)23(21,22)20-16-11-8-13-4-2-3-5-15(13)17(16)18-19-20/h2-7,9-10H,8,11H2,1H3. The second-order valence-corrected chi connectivity index (χ2v) is 7.47. The van der Waals surface area contributed by atoms with Gasteiger partial charge in [-0.3, -0.25) is 0 Å². The first-order valence-corrected chi connectivity index (χ1v) is 8.86. The first kappa shape index (κ1) is 14.1. The van der Waals surface area contributed by atoms with E-state index >= 15 is 0 Å². The Balaban J connectivity index is 1.87. The zero-order valence-electron chi connectivity index (χ0n) is 12.6. The average molecular weight is 325 g/mol. The fourth-order valence-electron chi connectivity index (χ4n) is 2.94. The molecule has 116 valence electrons. The average Bonchev–Trinajstić information content (AvgIpc) is 3.00. The normalized spacial score (nSPS) is 13.4. The molecule has 0 radical (unpaired) electrons. The van der Waals surface area contributed by atoms with E-state index in [0.717, 1.165) is 21.6 Å². The molecule has 0 N–H and O–H groups in total. The van der Waals surface area contributed by atoms with E-state index in [1.165, 1.54) is 5.56 Å². The second-order valence-electron chi connectivity index (χ2n) is 5.70. The Bertz CT molecular complexity index is 989. The minimum absolute atomic E-state index is 0.231. The van der Waals surface area contributed by atoms with Gasteiger partial charge in [-0.1, -0.05) is 47.2 Å². The fraction of sp³-hybridized carbons (Fsp3) is 0.176. The molecule has 23 heavy (non-hydrogen) atoms. The maximum absolute atomic E-state index is 12.9. The highest BCUT2D eigenvalue weighted by Crippen LogP contribution is 2.32. The maximum atomic E-state index is 12.9. The molecule has 1 aliphatic rings. The molecule has 0 amide bonds. The molecule has 0 spiro atoms. The molecule has 0 unspecified atom stereocenters. The highest BCUT2D eigenvalue weighted by Gasteiger charge is 2.28. The molecule has 1 heterocycles. The van der Waals surface area contributed by atoms with Crippen LogP contribution >= 0.6 is 0 Å². The summed E-state index contributed by atoms with van der Waals surface area (Å²) in [6, 6.07) is 14.7. The topological polar surface area (TPSA) is 64.8 Å². The number of fused-ring (bicyclic) bond motifs is 3. The largest absolute Gasteiger partial charge is 0.284 e. The third kappa shape index (κ3) is 2.17. The lowest BCUT2D eigenvalue weighted by Crippen LogP contribution is -2.19. The quantitative estimate of drug-likeness (QED) is 0.726. The van der Waals surface area contributed by atoms with E-state index in [-0.39, 0.29) is 4.90 Å². The molecule has 0 saturated carbocycles. The number of hydrogen-bond acceptors (Lipinski definition) is 4. The van der Waals surface area contributed by atoms with Gasteiger partial charge in [0.15, 0.2) is 0 Å². The lowest BCUT2D eigenvalue weighted by molar-refractivity contribution is 0.573. The lowest BCUT2D eigenvalue weighted by Gasteiger charge is -2.16. The van der Waals surface area contributed by atoms with Gasteiger partial charge in [0.25, 0.3) is 10.0 Å². The molecule has 6 heteroatoms. The van der Waals surface area contributed by atoms with Crippen LogP contribution in [0.15, 0.2) is 53.4 Å². The molecular weight excluding hydrogens is 310 g/mol. The molecule has 1 aromatic heterocycles. The van der Waals surface area contributed by atoms with Gasteiger partial charge in [-0.2, -0.15) is 8.42 Å². The van der Waals surface area contributed by atoms with Crippen molar-refractivity contribution in [3.8, 4) is 11.3 Å². The van der Waals surface area contributed by atoms with E-state index in [0.29, 0.717) is 17.8 Å². The van der Waals surface area contributed by atoms with Gasteiger partial charge in [-0.05, 0) is 37.5 Å². The number of aromatic nitrogens is 3. The molecule has 0 atom stereocenters. The second kappa shape index (κ2) is 5.03. The van der Waals surface area contributed by atoms with Crippen LogP contribution in [0.2, 0.25) is 0 Å². The predicted octanol–water partition coefficient (Wildman–Crippen LogP) is 2.59. The lowest BCUT2D eigenvalue weighted by atomic mass is 9.93. The van der Waals surface area contributed by atoms with Gasteiger partial charge in [0.2, 0.25) is 0 Å². The molecule has 3 aromatic rings. The Kier molecular flexibility index (Phi) is 3.09. The third-order valence-corrected chi connectivity index (χ3v) is 5.80. The highest BCUT2D eigenvalue weighted by molar-refractivity contribution is 7.89. The van der Waals surface area contributed by atoms with Crippen LogP contribution in [0, 0.1) is 6.92 Å². The summed E-state index contributed by atoms with van der Waals surface area (Å²) < 4.78 is 26.8. The van der Waals surface area contributed by atoms with E-state index in [2.05, 4.69) is 10.3 Å². The van der Waals surface area contributed by atoms with Gasteiger partial charge >= 0.3 is 0 Å². The van der Waals surface area contributed by atoms with Crippen LogP contribution in [0.1, 0.15) is 16.8 Å². The first-order valence-electron chi connectivity index (χ1n) is 7.42. The number of benzene rings is 2. The zero-order chi connectivity index (χ0) is 16.0. The molecule has 4 rings (SSSR count). The Morgan fingerprint density at radius 2 is 1.74 bits per heavy atom. The minimum Gasteiger partial charge on any atom is -0.199 e. The number of nitrogens with zero attached hydrogens (tertiary/aromatic N) is 3. The number of rotatable bonds is 2. The van der Waals surface area contributed by atoms with Crippen molar-refractivity contribution in [3.05, 3.63) is 65.4 Å². The molecule has 1 aliphatic carbocycles. The van der Waals surface area contributed by atoms with Gasteiger partial charge in [0.05, 0.1) is 10.6 Å². The molecule has 0 fully saturated rings. The summed E-state index contributed by atoms with van der Waals surface area (Å²) in [5, 5.41) is 8.09. The van der Waals surface area contributed by atoms with Crippen molar-refractivity contribution < 1.29 is 8.42 Å². The predicted molar refractivity (Wildman–Crippen MR) is 86.6 cm³/mol. The van der Waals surface area contributed by atoms with Crippen molar-refractivity contribution in [3.63, 3.8) is 0 Å². The Hall–Kier alpha value is -2.47. The summed E-state index contributed by atoms with van der Waals surface area (Å²) in [6.07, 6.45) is 1.41. The van der Waals surface area contributed by atoms with Crippen LogP contribution in [0.5, 0.6) is 0 Å². The van der Waals surface area contributed by atoms with Gasteiger partial charge in [0, 0.05) is 5.56 Å². The Morgan fingerprint density at radius 3 is 2.52 bits per heavy atom. The van der Waals surface area contributed by atoms with Crippen LogP contribution in [-0.4, -0.2) is 22.8 Å². The molecular formula is C17H15N3O2S. The Labute approximate surface area is 134 Å². The summed E-state index contributed by atoms with van der Waals surface area (Å²) in [5.74, 6) is 0. The van der Waals surface area contributed by atoms with E-state index in [9.17, 15) is 8.42 Å². The van der Waals surface area contributed by atoms with Crippen molar-refractivity contribution in [2.75, 3.05) is 0 Å². The molecule has 5 nitrogen and oxygen atoms in total. The highest BCUT2D eigenvalue weighted by atomic mass is 32.2. The summed E-state index contributed by atoms with van der Waals surface area (Å²) in [6.45, 7) is 1.92. The van der Waals surface area contributed by atoms with Crippen LogP contribution in [-0.2, 0) is 22.9 Å².